The van der Waals surface area contributed by atoms with Crippen molar-refractivity contribution in [1.82, 2.24) is 0 Å². The van der Waals surface area contributed by atoms with Gasteiger partial charge >= 0.3 is 0 Å². The normalized spacial score (nSPS) is 19.9. The highest BCUT2D eigenvalue weighted by molar-refractivity contribution is 5.01. The van der Waals surface area contributed by atoms with Gasteiger partial charge in [0.15, 0.2) is 0 Å². The zero-order valence-corrected chi connectivity index (χ0v) is 10.7. The van der Waals surface area contributed by atoms with Crippen LogP contribution in [-0.2, 0) is 0 Å². The molecule has 14 heavy (non-hydrogen) atoms. The molecule has 0 bridgehead atoms. The second-order valence-corrected chi connectivity index (χ2v) is 5.30. The minimum absolute atomic E-state index is 0.303. The molecule has 3 atom stereocenters. The average Bonchev–Trinajstić information content (AvgIpc) is 2.13. The Labute approximate surface area is 90.5 Å². The van der Waals surface area contributed by atoms with Crippen LogP contribution in [0.5, 0.6) is 0 Å². The van der Waals surface area contributed by atoms with E-state index in [4.69, 9.17) is 6.42 Å². The van der Waals surface area contributed by atoms with Crippen LogP contribution in [0.15, 0.2) is 0 Å². The molecule has 0 heterocycles. The third-order valence-corrected chi connectivity index (χ3v) is 3.83. The zero-order valence-electron chi connectivity index (χ0n) is 10.7. The van der Waals surface area contributed by atoms with Gasteiger partial charge in [-0.3, -0.25) is 0 Å². The number of hydrogen-bond donors (Lipinski definition) is 0. The molecule has 0 saturated carbocycles. The second-order valence-electron chi connectivity index (χ2n) is 5.30. The molecule has 3 unspecified atom stereocenters. The minimum atomic E-state index is 0.303. The fraction of sp³-hybridized carbons (Fsp3) is 0.857. The van der Waals surface area contributed by atoms with E-state index in [0.717, 1.165) is 5.92 Å². The third-order valence-electron chi connectivity index (χ3n) is 3.83. The highest BCUT2D eigenvalue weighted by Crippen LogP contribution is 2.42. The summed E-state index contributed by atoms with van der Waals surface area (Å²) in [6.07, 6.45) is 8.02. The van der Waals surface area contributed by atoms with E-state index >= 15 is 0 Å². The molecular weight excluding hydrogens is 168 g/mol. The average molecular weight is 194 g/mol. The molecule has 0 spiro atoms. The first-order valence-corrected chi connectivity index (χ1v) is 5.84. The molecule has 82 valence electrons. The molecule has 0 amide bonds. The van der Waals surface area contributed by atoms with Crippen molar-refractivity contribution < 1.29 is 0 Å². The van der Waals surface area contributed by atoms with Gasteiger partial charge < -0.3 is 0 Å². The summed E-state index contributed by atoms with van der Waals surface area (Å²) in [6, 6.07) is 0. The van der Waals surface area contributed by atoms with Gasteiger partial charge in [-0.2, -0.15) is 0 Å². The molecule has 0 aromatic rings. The van der Waals surface area contributed by atoms with Crippen molar-refractivity contribution in [2.24, 2.45) is 23.2 Å². The van der Waals surface area contributed by atoms with Crippen LogP contribution in [0.3, 0.4) is 0 Å². The maximum Gasteiger partial charge on any atom is 0.0228 e. The van der Waals surface area contributed by atoms with E-state index < -0.39 is 0 Å². The summed E-state index contributed by atoms with van der Waals surface area (Å²) in [5.74, 6) is 4.73. The lowest BCUT2D eigenvalue weighted by molar-refractivity contribution is 0.110. The molecular formula is C14H26. The fourth-order valence-corrected chi connectivity index (χ4v) is 2.34. The Hall–Kier alpha value is -0.440. The van der Waals surface area contributed by atoms with E-state index in [1.54, 1.807) is 0 Å². The molecule has 0 radical (unpaired) electrons. The molecule has 0 aromatic heterocycles. The van der Waals surface area contributed by atoms with Gasteiger partial charge in [-0.25, -0.2) is 0 Å². The van der Waals surface area contributed by atoms with Crippen LogP contribution in [-0.4, -0.2) is 0 Å². The SMILES string of the molecule is C#CC(C)C(C)(CC(C)C)C(C)CC. The molecule has 0 heteroatoms. The first kappa shape index (κ1) is 13.6. The minimum Gasteiger partial charge on any atom is -0.120 e. The first-order chi connectivity index (χ1) is 6.38. The molecule has 0 aliphatic heterocycles. The van der Waals surface area contributed by atoms with Crippen LogP contribution in [0, 0.1) is 35.5 Å². The Morgan fingerprint density at radius 3 is 2.00 bits per heavy atom. The maximum absolute atomic E-state index is 5.58. The van der Waals surface area contributed by atoms with E-state index in [-0.39, 0.29) is 0 Å². The predicted octanol–water partition coefficient (Wildman–Crippen LogP) is 4.35. The van der Waals surface area contributed by atoms with E-state index in [1.807, 2.05) is 0 Å². The van der Waals surface area contributed by atoms with Crippen molar-refractivity contribution in [3.05, 3.63) is 0 Å². The standard InChI is InChI=1S/C14H26/c1-8-12(5)14(7,10-11(3)4)13(6)9-2/h1,11-13H,9-10H2,2-7H3. The van der Waals surface area contributed by atoms with Crippen molar-refractivity contribution >= 4 is 0 Å². The molecule has 0 rings (SSSR count). The van der Waals surface area contributed by atoms with Crippen molar-refractivity contribution in [1.29, 1.82) is 0 Å². The van der Waals surface area contributed by atoms with E-state index in [2.05, 4.69) is 47.5 Å². The largest absolute Gasteiger partial charge is 0.120 e. The van der Waals surface area contributed by atoms with Gasteiger partial charge in [0.1, 0.15) is 0 Å². The maximum atomic E-state index is 5.58. The molecule has 0 N–H and O–H groups in total. The molecule has 0 fully saturated rings. The second kappa shape index (κ2) is 5.44. The van der Waals surface area contributed by atoms with Gasteiger partial charge in [-0.1, -0.05) is 48.0 Å². The van der Waals surface area contributed by atoms with Gasteiger partial charge in [0.2, 0.25) is 0 Å². The Morgan fingerprint density at radius 2 is 1.71 bits per heavy atom. The highest BCUT2D eigenvalue weighted by atomic mass is 14.4. The van der Waals surface area contributed by atoms with Gasteiger partial charge in [0.25, 0.3) is 0 Å². The topological polar surface area (TPSA) is 0 Å². The van der Waals surface area contributed by atoms with Crippen molar-refractivity contribution in [2.45, 2.75) is 54.4 Å². The summed E-state index contributed by atoms with van der Waals surface area (Å²) in [5.41, 5.74) is 0.303. The predicted molar refractivity (Wildman–Crippen MR) is 65.0 cm³/mol. The summed E-state index contributed by atoms with van der Waals surface area (Å²) < 4.78 is 0. The third kappa shape index (κ3) is 3.05. The molecule has 0 aromatic carbocycles. The quantitative estimate of drug-likeness (QED) is 0.571. The van der Waals surface area contributed by atoms with Crippen molar-refractivity contribution in [2.75, 3.05) is 0 Å². The van der Waals surface area contributed by atoms with Crippen LogP contribution in [0.2, 0.25) is 0 Å². The van der Waals surface area contributed by atoms with Crippen LogP contribution in [0.1, 0.15) is 54.4 Å². The lowest BCUT2D eigenvalue weighted by atomic mass is 9.64. The van der Waals surface area contributed by atoms with Crippen LogP contribution in [0.4, 0.5) is 0 Å². The lowest BCUT2D eigenvalue weighted by Gasteiger charge is -2.40. The number of hydrogen-bond acceptors (Lipinski definition) is 0. The Balaban J connectivity index is 4.76. The molecule has 0 nitrogen and oxygen atoms in total. The van der Waals surface area contributed by atoms with Gasteiger partial charge in [-0.05, 0) is 23.7 Å². The van der Waals surface area contributed by atoms with Crippen molar-refractivity contribution in [3.63, 3.8) is 0 Å². The fourth-order valence-electron chi connectivity index (χ4n) is 2.34. The summed E-state index contributed by atoms with van der Waals surface area (Å²) in [6.45, 7) is 13.7. The summed E-state index contributed by atoms with van der Waals surface area (Å²) in [4.78, 5) is 0. The van der Waals surface area contributed by atoms with Gasteiger partial charge in [-0.15, -0.1) is 12.3 Å². The molecule has 0 saturated heterocycles. The van der Waals surface area contributed by atoms with Gasteiger partial charge in [0.05, 0.1) is 0 Å². The van der Waals surface area contributed by atoms with Gasteiger partial charge in [0, 0.05) is 5.92 Å². The smallest absolute Gasteiger partial charge is 0.0228 e. The number of rotatable bonds is 5. The Bertz CT molecular complexity index is 197. The number of terminal acetylenes is 1. The van der Waals surface area contributed by atoms with E-state index in [1.165, 1.54) is 12.8 Å². The summed E-state index contributed by atoms with van der Waals surface area (Å²) >= 11 is 0. The first-order valence-electron chi connectivity index (χ1n) is 5.84. The molecule has 0 aliphatic carbocycles. The van der Waals surface area contributed by atoms with E-state index in [0.29, 0.717) is 17.3 Å². The van der Waals surface area contributed by atoms with E-state index in [9.17, 15) is 0 Å². The summed E-state index contributed by atoms with van der Waals surface area (Å²) in [5, 5.41) is 0. The Morgan fingerprint density at radius 1 is 1.21 bits per heavy atom. The summed E-state index contributed by atoms with van der Waals surface area (Å²) in [7, 11) is 0. The highest BCUT2D eigenvalue weighted by Gasteiger charge is 2.35. The monoisotopic (exact) mass is 194 g/mol. The zero-order chi connectivity index (χ0) is 11.4. The molecule has 0 aliphatic rings. The lowest BCUT2D eigenvalue weighted by Crippen LogP contribution is -2.33. The van der Waals surface area contributed by atoms with Crippen molar-refractivity contribution in [3.8, 4) is 12.3 Å². The van der Waals surface area contributed by atoms with Crippen LogP contribution in [0.25, 0.3) is 0 Å². The van der Waals surface area contributed by atoms with Crippen LogP contribution >= 0.6 is 0 Å². The van der Waals surface area contributed by atoms with Crippen LogP contribution < -0.4 is 0 Å². The Kier molecular flexibility index (Phi) is 5.27.